The molecule has 3 aromatic rings. The van der Waals surface area contributed by atoms with E-state index in [4.69, 9.17) is 10.7 Å². The Labute approximate surface area is 177 Å². The molecule has 5 rings (SSSR count). The number of likely N-dealkylation sites (tertiary alicyclic amines) is 1. The average molecular weight is 404 g/mol. The number of carbonyl (C=O) groups is 1. The van der Waals surface area contributed by atoms with Crippen LogP contribution in [0, 0.1) is 5.92 Å². The van der Waals surface area contributed by atoms with Gasteiger partial charge in [-0.25, -0.2) is 4.98 Å². The van der Waals surface area contributed by atoms with Gasteiger partial charge in [0.25, 0.3) is 0 Å². The van der Waals surface area contributed by atoms with Crippen molar-refractivity contribution in [1.29, 1.82) is 0 Å². The van der Waals surface area contributed by atoms with Gasteiger partial charge in [-0.05, 0) is 68.1 Å². The van der Waals surface area contributed by atoms with E-state index in [1.165, 1.54) is 24.1 Å². The van der Waals surface area contributed by atoms with Crippen molar-refractivity contribution < 1.29 is 4.79 Å². The Balaban J connectivity index is 1.56. The van der Waals surface area contributed by atoms with Gasteiger partial charge in [0.2, 0.25) is 5.91 Å². The SMILES string of the molecule is CC(=O)N1CCc2cc(-c3nc4ccc(N)cn4c3CN3CCC(C)CC3)ccc21. The summed E-state index contributed by atoms with van der Waals surface area (Å²) in [5.74, 6) is 0.907. The molecule has 2 N–H and O–H groups in total. The third-order valence-electron chi connectivity index (χ3n) is 6.62. The molecule has 0 aliphatic carbocycles. The minimum absolute atomic E-state index is 0.102. The Bertz CT molecular complexity index is 1110. The highest BCUT2D eigenvalue weighted by molar-refractivity contribution is 5.94. The van der Waals surface area contributed by atoms with E-state index in [0.29, 0.717) is 0 Å². The van der Waals surface area contributed by atoms with Crippen LogP contribution in [0.1, 0.15) is 37.9 Å². The highest BCUT2D eigenvalue weighted by atomic mass is 16.2. The van der Waals surface area contributed by atoms with Crippen LogP contribution in [-0.4, -0.2) is 39.8 Å². The maximum Gasteiger partial charge on any atom is 0.223 e. The van der Waals surface area contributed by atoms with Crippen molar-refractivity contribution in [3.8, 4) is 11.3 Å². The minimum atomic E-state index is 0.102. The molecule has 0 bridgehead atoms. The zero-order valence-corrected chi connectivity index (χ0v) is 17.8. The van der Waals surface area contributed by atoms with Gasteiger partial charge in [-0.15, -0.1) is 0 Å². The number of carbonyl (C=O) groups excluding carboxylic acids is 1. The Morgan fingerprint density at radius 2 is 1.97 bits per heavy atom. The average Bonchev–Trinajstić information content (AvgIpc) is 3.31. The zero-order chi connectivity index (χ0) is 20.8. The maximum atomic E-state index is 11.9. The predicted molar refractivity (Wildman–Crippen MR) is 120 cm³/mol. The van der Waals surface area contributed by atoms with E-state index < -0.39 is 0 Å². The largest absolute Gasteiger partial charge is 0.398 e. The molecular weight excluding hydrogens is 374 g/mol. The zero-order valence-electron chi connectivity index (χ0n) is 17.8. The van der Waals surface area contributed by atoms with Gasteiger partial charge in [-0.2, -0.15) is 0 Å². The molecule has 0 radical (unpaired) electrons. The smallest absolute Gasteiger partial charge is 0.223 e. The molecule has 6 nitrogen and oxygen atoms in total. The van der Waals surface area contributed by atoms with Crippen molar-refractivity contribution in [2.75, 3.05) is 30.3 Å². The molecule has 30 heavy (non-hydrogen) atoms. The number of nitrogens with two attached hydrogens (primary N) is 1. The summed E-state index contributed by atoms with van der Waals surface area (Å²) in [7, 11) is 0. The molecular formula is C24H29N5O. The molecule has 0 spiro atoms. The first-order chi connectivity index (χ1) is 14.5. The summed E-state index contributed by atoms with van der Waals surface area (Å²) in [5, 5.41) is 0. The molecule has 0 saturated carbocycles. The fourth-order valence-corrected chi connectivity index (χ4v) is 4.80. The number of hydrogen-bond donors (Lipinski definition) is 1. The normalized spacial score (nSPS) is 17.6. The lowest BCUT2D eigenvalue weighted by Gasteiger charge is -2.30. The standard InChI is InChI=1S/C24H29N5O/c1-16-7-10-27(11-8-16)15-22-24(26-23-6-4-20(25)14-29(22)23)19-3-5-21-18(13-19)9-12-28(21)17(2)30/h3-6,13-14,16H,7-12,15,25H2,1-2H3. The van der Waals surface area contributed by atoms with Gasteiger partial charge < -0.3 is 15.0 Å². The molecule has 6 heteroatoms. The topological polar surface area (TPSA) is 66.9 Å². The molecule has 156 valence electrons. The first kappa shape index (κ1) is 19.1. The predicted octanol–water partition coefficient (Wildman–Crippen LogP) is 3.72. The molecule has 1 fully saturated rings. The van der Waals surface area contributed by atoms with E-state index in [0.717, 1.165) is 66.8 Å². The molecule has 2 aliphatic heterocycles. The van der Waals surface area contributed by atoms with Crippen LogP contribution in [-0.2, 0) is 17.8 Å². The highest BCUT2D eigenvalue weighted by Gasteiger charge is 2.25. The highest BCUT2D eigenvalue weighted by Crippen LogP contribution is 2.34. The van der Waals surface area contributed by atoms with Gasteiger partial charge in [-0.1, -0.05) is 13.0 Å². The van der Waals surface area contributed by atoms with Crippen LogP contribution < -0.4 is 10.6 Å². The Morgan fingerprint density at radius 1 is 1.17 bits per heavy atom. The van der Waals surface area contributed by atoms with Gasteiger partial charge in [0.1, 0.15) is 5.65 Å². The van der Waals surface area contributed by atoms with Gasteiger partial charge in [0.15, 0.2) is 0 Å². The fraction of sp³-hybridized carbons (Fsp3) is 0.417. The first-order valence-corrected chi connectivity index (χ1v) is 10.9. The summed E-state index contributed by atoms with van der Waals surface area (Å²) in [6.07, 6.45) is 5.36. The van der Waals surface area contributed by atoms with E-state index >= 15 is 0 Å². The third-order valence-corrected chi connectivity index (χ3v) is 6.62. The van der Waals surface area contributed by atoms with Crippen LogP contribution in [0.2, 0.25) is 0 Å². The number of fused-ring (bicyclic) bond motifs is 2. The Morgan fingerprint density at radius 3 is 2.73 bits per heavy atom. The number of imidazole rings is 1. The second-order valence-electron chi connectivity index (χ2n) is 8.82. The van der Waals surface area contributed by atoms with Crippen molar-refractivity contribution in [3.63, 3.8) is 0 Å². The third kappa shape index (κ3) is 3.35. The molecule has 1 amide bonds. The number of amides is 1. The van der Waals surface area contributed by atoms with Crippen LogP contribution >= 0.6 is 0 Å². The van der Waals surface area contributed by atoms with E-state index in [1.807, 2.05) is 23.2 Å². The van der Waals surface area contributed by atoms with Crippen molar-refractivity contribution in [3.05, 3.63) is 47.8 Å². The summed E-state index contributed by atoms with van der Waals surface area (Å²) in [5.41, 5.74) is 13.3. The van der Waals surface area contributed by atoms with E-state index in [1.54, 1.807) is 6.92 Å². The van der Waals surface area contributed by atoms with Crippen molar-refractivity contribution >= 4 is 22.9 Å². The number of nitrogen functional groups attached to an aromatic ring is 1. The summed E-state index contributed by atoms with van der Waals surface area (Å²) >= 11 is 0. The number of rotatable bonds is 3. The molecule has 0 atom stereocenters. The van der Waals surface area contributed by atoms with Crippen molar-refractivity contribution in [2.24, 2.45) is 5.92 Å². The van der Waals surface area contributed by atoms with E-state index in [9.17, 15) is 4.79 Å². The monoisotopic (exact) mass is 403 g/mol. The number of pyridine rings is 1. The molecule has 1 aromatic carbocycles. The van der Waals surface area contributed by atoms with Gasteiger partial charge in [-0.3, -0.25) is 9.69 Å². The lowest BCUT2D eigenvalue weighted by atomic mass is 9.99. The summed E-state index contributed by atoms with van der Waals surface area (Å²) in [6.45, 7) is 7.83. The number of aromatic nitrogens is 2. The summed E-state index contributed by atoms with van der Waals surface area (Å²) in [4.78, 5) is 21.3. The fourth-order valence-electron chi connectivity index (χ4n) is 4.80. The van der Waals surface area contributed by atoms with Gasteiger partial charge in [0, 0.05) is 43.1 Å². The van der Waals surface area contributed by atoms with Crippen LogP contribution in [0.3, 0.4) is 0 Å². The number of anilines is 2. The number of benzene rings is 1. The molecule has 4 heterocycles. The minimum Gasteiger partial charge on any atom is -0.398 e. The van der Waals surface area contributed by atoms with Crippen molar-refractivity contribution in [1.82, 2.24) is 14.3 Å². The lowest BCUT2D eigenvalue weighted by Crippen LogP contribution is -2.32. The number of hydrogen-bond acceptors (Lipinski definition) is 4. The Hall–Kier alpha value is -2.86. The molecule has 2 aliphatic rings. The number of piperidine rings is 1. The summed E-state index contributed by atoms with van der Waals surface area (Å²) in [6, 6.07) is 10.3. The molecule has 2 aromatic heterocycles. The molecule has 1 saturated heterocycles. The van der Waals surface area contributed by atoms with E-state index in [-0.39, 0.29) is 5.91 Å². The lowest BCUT2D eigenvalue weighted by molar-refractivity contribution is -0.116. The second-order valence-corrected chi connectivity index (χ2v) is 8.82. The van der Waals surface area contributed by atoms with Crippen LogP contribution in [0.15, 0.2) is 36.5 Å². The number of nitrogens with zero attached hydrogens (tertiary/aromatic N) is 4. The van der Waals surface area contributed by atoms with Crippen LogP contribution in [0.5, 0.6) is 0 Å². The van der Waals surface area contributed by atoms with E-state index in [2.05, 4.69) is 34.4 Å². The Kier molecular flexibility index (Phi) is 4.74. The summed E-state index contributed by atoms with van der Waals surface area (Å²) < 4.78 is 2.15. The quantitative estimate of drug-likeness (QED) is 0.724. The van der Waals surface area contributed by atoms with Gasteiger partial charge in [0.05, 0.1) is 11.4 Å². The van der Waals surface area contributed by atoms with Crippen LogP contribution in [0.25, 0.3) is 16.9 Å². The maximum absolute atomic E-state index is 11.9. The van der Waals surface area contributed by atoms with Crippen LogP contribution in [0.4, 0.5) is 11.4 Å². The van der Waals surface area contributed by atoms with Crippen molar-refractivity contribution in [2.45, 2.75) is 39.7 Å². The van der Waals surface area contributed by atoms with Gasteiger partial charge >= 0.3 is 0 Å². The molecule has 0 unspecified atom stereocenters. The second kappa shape index (κ2) is 7.43. The first-order valence-electron chi connectivity index (χ1n) is 10.9.